The third-order valence-electron chi connectivity index (χ3n) is 2.38. The molecule has 0 aromatic carbocycles. The van der Waals surface area contributed by atoms with Crippen LogP contribution in [-0.4, -0.2) is 29.1 Å². The summed E-state index contributed by atoms with van der Waals surface area (Å²) >= 11 is 5.13. The van der Waals surface area contributed by atoms with Crippen molar-refractivity contribution in [2.75, 3.05) is 13.1 Å². The normalized spacial score (nSPS) is 31.8. The van der Waals surface area contributed by atoms with Gasteiger partial charge in [-0.25, -0.2) is 0 Å². The molecule has 0 aliphatic carbocycles. The summed E-state index contributed by atoms with van der Waals surface area (Å²) in [6, 6.07) is 0.723. The molecule has 1 N–H and O–H groups in total. The summed E-state index contributed by atoms with van der Waals surface area (Å²) < 4.78 is 0. The van der Waals surface area contributed by atoms with Crippen LogP contribution < -0.4 is 5.32 Å². The SMILES string of the molecule is S=C1NCC2CCCCN12. The van der Waals surface area contributed by atoms with E-state index in [2.05, 4.69) is 10.2 Å². The van der Waals surface area contributed by atoms with Gasteiger partial charge in [0.15, 0.2) is 5.11 Å². The van der Waals surface area contributed by atoms with Gasteiger partial charge < -0.3 is 10.2 Å². The molecule has 3 heteroatoms. The second kappa shape index (κ2) is 2.38. The fourth-order valence-corrected chi connectivity index (χ4v) is 2.11. The van der Waals surface area contributed by atoms with Crippen LogP contribution in [0.2, 0.25) is 0 Å². The van der Waals surface area contributed by atoms with Crippen molar-refractivity contribution in [1.82, 2.24) is 10.2 Å². The number of nitrogens with zero attached hydrogens (tertiary/aromatic N) is 1. The Morgan fingerprint density at radius 1 is 1.50 bits per heavy atom. The number of hydrogen-bond acceptors (Lipinski definition) is 1. The zero-order chi connectivity index (χ0) is 6.97. The lowest BCUT2D eigenvalue weighted by atomic mass is 10.0. The summed E-state index contributed by atoms with van der Waals surface area (Å²) in [5, 5.41) is 4.20. The van der Waals surface area contributed by atoms with Crippen LogP contribution in [-0.2, 0) is 0 Å². The van der Waals surface area contributed by atoms with Crippen LogP contribution in [0.3, 0.4) is 0 Å². The zero-order valence-electron chi connectivity index (χ0n) is 5.97. The van der Waals surface area contributed by atoms with Gasteiger partial charge in [-0.05, 0) is 31.5 Å². The monoisotopic (exact) mass is 156 g/mol. The smallest absolute Gasteiger partial charge is 0.169 e. The third kappa shape index (κ3) is 0.888. The quantitative estimate of drug-likeness (QED) is 0.520. The van der Waals surface area contributed by atoms with E-state index in [4.69, 9.17) is 12.2 Å². The van der Waals surface area contributed by atoms with E-state index in [9.17, 15) is 0 Å². The fourth-order valence-electron chi connectivity index (χ4n) is 1.79. The molecule has 2 nitrogen and oxygen atoms in total. The van der Waals surface area contributed by atoms with Crippen molar-refractivity contribution in [2.24, 2.45) is 0 Å². The number of piperidine rings is 1. The summed E-state index contributed by atoms with van der Waals surface area (Å²) in [5.74, 6) is 0. The Morgan fingerprint density at radius 2 is 2.40 bits per heavy atom. The maximum Gasteiger partial charge on any atom is 0.169 e. The van der Waals surface area contributed by atoms with Crippen molar-refractivity contribution in [1.29, 1.82) is 0 Å². The molecule has 0 saturated carbocycles. The van der Waals surface area contributed by atoms with Crippen LogP contribution in [0.4, 0.5) is 0 Å². The average molecular weight is 156 g/mol. The Labute approximate surface area is 66.6 Å². The van der Waals surface area contributed by atoms with Crippen LogP contribution >= 0.6 is 12.2 Å². The van der Waals surface area contributed by atoms with E-state index in [1.165, 1.54) is 25.8 Å². The van der Waals surface area contributed by atoms with E-state index in [-0.39, 0.29) is 0 Å². The van der Waals surface area contributed by atoms with Crippen molar-refractivity contribution in [2.45, 2.75) is 25.3 Å². The second-order valence-corrected chi connectivity index (χ2v) is 3.42. The first-order chi connectivity index (χ1) is 4.88. The van der Waals surface area contributed by atoms with E-state index in [0.717, 1.165) is 17.7 Å². The summed E-state index contributed by atoms with van der Waals surface area (Å²) in [6.07, 6.45) is 4.02. The minimum Gasteiger partial charge on any atom is -0.360 e. The number of nitrogens with one attached hydrogen (secondary N) is 1. The Balaban J connectivity index is 2.08. The number of fused-ring (bicyclic) bond motifs is 1. The van der Waals surface area contributed by atoms with Gasteiger partial charge in [0.2, 0.25) is 0 Å². The van der Waals surface area contributed by atoms with Gasteiger partial charge in [0, 0.05) is 19.1 Å². The molecule has 0 aromatic heterocycles. The van der Waals surface area contributed by atoms with Gasteiger partial charge in [-0.3, -0.25) is 0 Å². The van der Waals surface area contributed by atoms with Crippen molar-refractivity contribution < 1.29 is 0 Å². The van der Waals surface area contributed by atoms with Crippen molar-refractivity contribution in [3.8, 4) is 0 Å². The van der Waals surface area contributed by atoms with Crippen molar-refractivity contribution in [3.05, 3.63) is 0 Å². The molecule has 2 heterocycles. The molecule has 0 spiro atoms. The van der Waals surface area contributed by atoms with Crippen LogP contribution in [0, 0.1) is 0 Å². The van der Waals surface area contributed by atoms with Gasteiger partial charge >= 0.3 is 0 Å². The van der Waals surface area contributed by atoms with Gasteiger partial charge in [-0.15, -0.1) is 0 Å². The van der Waals surface area contributed by atoms with Crippen molar-refractivity contribution >= 4 is 17.3 Å². The van der Waals surface area contributed by atoms with Crippen molar-refractivity contribution in [3.63, 3.8) is 0 Å². The fraction of sp³-hybridized carbons (Fsp3) is 0.857. The van der Waals surface area contributed by atoms with Crippen LogP contribution in [0.25, 0.3) is 0 Å². The highest BCUT2D eigenvalue weighted by Gasteiger charge is 2.29. The molecule has 2 rings (SSSR count). The van der Waals surface area contributed by atoms with Gasteiger partial charge in [-0.1, -0.05) is 0 Å². The minimum absolute atomic E-state index is 0.723. The first kappa shape index (κ1) is 6.40. The largest absolute Gasteiger partial charge is 0.360 e. The van der Waals surface area contributed by atoms with E-state index in [1.54, 1.807) is 0 Å². The lowest BCUT2D eigenvalue weighted by Gasteiger charge is -2.29. The minimum atomic E-state index is 0.723. The first-order valence-electron chi connectivity index (χ1n) is 3.92. The van der Waals surface area contributed by atoms with E-state index in [0.29, 0.717) is 0 Å². The van der Waals surface area contributed by atoms with Crippen LogP contribution in [0.5, 0.6) is 0 Å². The van der Waals surface area contributed by atoms with Gasteiger partial charge in [0.1, 0.15) is 0 Å². The lowest BCUT2D eigenvalue weighted by molar-refractivity contribution is 0.276. The molecule has 56 valence electrons. The van der Waals surface area contributed by atoms with E-state index in [1.807, 2.05) is 0 Å². The van der Waals surface area contributed by atoms with Gasteiger partial charge in [0.05, 0.1) is 0 Å². The molecule has 0 radical (unpaired) electrons. The summed E-state index contributed by atoms with van der Waals surface area (Å²) in [7, 11) is 0. The predicted molar refractivity (Wildman–Crippen MR) is 44.9 cm³/mol. The molecule has 0 aromatic rings. The predicted octanol–water partition coefficient (Wildman–Crippen LogP) is 0.729. The van der Waals surface area contributed by atoms with E-state index >= 15 is 0 Å². The highest BCUT2D eigenvalue weighted by atomic mass is 32.1. The van der Waals surface area contributed by atoms with E-state index < -0.39 is 0 Å². The summed E-state index contributed by atoms with van der Waals surface area (Å²) in [4.78, 5) is 2.33. The summed E-state index contributed by atoms with van der Waals surface area (Å²) in [6.45, 7) is 2.26. The molecule has 0 bridgehead atoms. The molecule has 1 unspecified atom stereocenters. The topological polar surface area (TPSA) is 15.3 Å². The Morgan fingerprint density at radius 3 is 3.20 bits per heavy atom. The first-order valence-corrected chi connectivity index (χ1v) is 4.33. The molecule has 2 aliphatic heterocycles. The third-order valence-corrected chi connectivity index (χ3v) is 2.76. The maximum absolute atomic E-state index is 5.13. The highest BCUT2D eigenvalue weighted by molar-refractivity contribution is 7.80. The number of rotatable bonds is 0. The molecule has 1 atom stereocenters. The maximum atomic E-state index is 5.13. The highest BCUT2D eigenvalue weighted by Crippen LogP contribution is 2.19. The van der Waals surface area contributed by atoms with Gasteiger partial charge in [0.25, 0.3) is 0 Å². The van der Waals surface area contributed by atoms with Crippen LogP contribution in [0.15, 0.2) is 0 Å². The molecule has 2 aliphatic rings. The molecule has 10 heavy (non-hydrogen) atoms. The van der Waals surface area contributed by atoms with Crippen LogP contribution in [0.1, 0.15) is 19.3 Å². The summed E-state index contributed by atoms with van der Waals surface area (Å²) in [5.41, 5.74) is 0. The standard InChI is InChI=1S/C7H12N2S/c10-7-8-5-6-3-1-2-4-9(6)7/h6H,1-5H2,(H,8,10). The molecular weight excluding hydrogens is 144 g/mol. The Bertz CT molecular complexity index is 158. The second-order valence-electron chi connectivity index (χ2n) is 3.03. The Hall–Kier alpha value is -0.310. The lowest BCUT2D eigenvalue weighted by Crippen LogP contribution is -2.37. The molecular formula is C7H12N2S. The molecule has 2 fully saturated rings. The zero-order valence-corrected chi connectivity index (χ0v) is 6.78. The average Bonchev–Trinajstić information content (AvgIpc) is 2.34. The van der Waals surface area contributed by atoms with Gasteiger partial charge in [-0.2, -0.15) is 0 Å². The molecule has 2 saturated heterocycles. The number of hydrogen-bond donors (Lipinski definition) is 1. The Kier molecular flexibility index (Phi) is 1.52. The number of thiocarbonyl (C=S) groups is 1. The molecule has 0 amide bonds.